The molecule has 0 bridgehead atoms. The van der Waals surface area contributed by atoms with Crippen LogP contribution in [0.4, 0.5) is 11.6 Å². The summed E-state index contributed by atoms with van der Waals surface area (Å²) in [5, 5.41) is 3.66. The van der Waals surface area contributed by atoms with E-state index in [9.17, 15) is 4.79 Å². The van der Waals surface area contributed by atoms with E-state index in [1.54, 1.807) is 36.7 Å². The number of anilines is 2. The maximum atomic E-state index is 12.1. The van der Waals surface area contributed by atoms with Crippen molar-refractivity contribution in [2.45, 2.75) is 0 Å². The van der Waals surface area contributed by atoms with E-state index in [4.69, 9.17) is 4.74 Å². The van der Waals surface area contributed by atoms with Crippen LogP contribution in [0.3, 0.4) is 0 Å². The lowest BCUT2D eigenvalue weighted by Crippen LogP contribution is -2.11. The Bertz CT molecular complexity index is 1080. The molecule has 2 aromatic heterocycles. The van der Waals surface area contributed by atoms with Crippen molar-refractivity contribution in [2.75, 3.05) is 5.32 Å². The zero-order valence-corrected chi connectivity index (χ0v) is 13.1. The van der Waals surface area contributed by atoms with Crippen molar-refractivity contribution in [3.63, 3.8) is 0 Å². The number of H-pyrrole nitrogens is 1. The molecule has 25 heavy (non-hydrogen) atoms. The van der Waals surface area contributed by atoms with E-state index < -0.39 is 0 Å². The molecule has 0 atom stereocenters. The van der Waals surface area contributed by atoms with Crippen molar-refractivity contribution in [3.05, 3.63) is 83.4 Å². The molecule has 0 spiro atoms. The molecule has 0 saturated heterocycles. The minimum atomic E-state index is -0.183. The summed E-state index contributed by atoms with van der Waals surface area (Å²) in [6.07, 6.45) is 3.34. The third kappa shape index (κ3) is 3.32. The number of benzene rings is 2. The number of hydrogen-bond acceptors (Lipinski definition) is 5. The smallest absolute Gasteiger partial charge is 0.260 e. The van der Waals surface area contributed by atoms with Gasteiger partial charge in [-0.2, -0.15) is 0 Å². The molecule has 2 aromatic carbocycles. The molecule has 4 aromatic rings. The number of hydrogen-bond donors (Lipinski definition) is 2. The van der Waals surface area contributed by atoms with Crippen molar-refractivity contribution >= 4 is 22.5 Å². The summed E-state index contributed by atoms with van der Waals surface area (Å²) in [7, 11) is 0. The first-order chi connectivity index (χ1) is 12.3. The molecule has 6 heteroatoms. The lowest BCUT2D eigenvalue weighted by Gasteiger charge is -2.09. The third-order valence-electron chi connectivity index (χ3n) is 3.60. The van der Waals surface area contributed by atoms with Gasteiger partial charge in [0.15, 0.2) is 0 Å². The lowest BCUT2D eigenvalue weighted by atomic mass is 10.2. The van der Waals surface area contributed by atoms with Gasteiger partial charge in [0.1, 0.15) is 11.5 Å². The molecule has 0 aliphatic carbocycles. The number of aromatic amines is 1. The molecule has 0 unspecified atom stereocenters. The first-order valence-electron chi connectivity index (χ1n) is 7.72. The molecular formula is C19H14N4O2. The standard InChI is InChI=1S/C19H14N4O2/c24-18-16-6-1-2-7-17(16)22-19(23-18)21-13-4-3-5-15(12-13)25-14-8-10-20-11-9-14/h1-12H,(H2,21,22,23,24). The molecule has 4 rings (SSSR count). The Morgan fingerprint density at radius 2 is 1.76 bits per heavy atom. The normalized spacial score (nSPS) is 10.6. The molecule has 0 aliphatic heterocycles. The van der Waals surface area contributed by atoms with Gasteiger partial charge < -0.3 is 10.1 Å². The highest BCUT2D eigenvalue weighted by Gasteiger charge is 2.04. The van der Waals surface area contributed by atoms with Crippen LogP contribution < -0.4 is 15.6 Å². The highest BCUT2D eigenvalue weighted by atomic mass is 16.5. The fourth-order valence-electron chi connectivity index (χ4n) is 2.46. The fraction of sp³-hybridized carbons (Fsp3) is 0. The molecule has 0 amide bonds. The first-order valence-corrected chi connectivity index (χ1v) is 7.72. The first kappa shape index (κ1) is 14.9. The lowest BCUT2D eigenvalue weighted by molar-refractivity contribution is 0.482. The molecular weight excluding hydrogens is 316 g/mol. The molecule has 0 saturated carbocycles. The van der Waals surface area contributed by atoms with E-state index in [0.717, 1.165) is 5.69 Å². The number of para-hydroxylation sites is 1. The van der Waals surface area contributed by atoms with Crippen LogP contribution >= 0.6 is 0 Å². The van der Waals surface area contributed by atoms with Crippen LogP contribution in [0.25, 0.3) is 10.9 Å². The maximum absolute atomic E-state index is 12.1. The second-order valence-corrected chi connectivity index (χ2v) is 5.37. The van der Waals surface area contributed by atoms with Gasteiger partial charge in [-0.15, -0.1) is 0 Å². The van der Waals surface area contributed by atoms with Crippen LogP contribution in [-0.2, 0) is 0 Å². The van der Waals surface area contributed by atoms with Gasteiger partial charge in [-0.1, -0.05) is 18.2 Å². The van der Waals surface area contributed by atoms with Crippen molar-refractivity contribution < 1.29 is 4.74 Å². The van der Waals surface area contributed by atoms with Gasteiger partial charge in [0.2, 0.25) is 5.95 Å². The summed E-state index contributed by atoms with van der Waals surface area (Å²) in [6.45, 7) is 0. The van der Waals surface area contributed by atoms with Crippen LogP contribution in [0, 0.1) is 0 Å². The Morgan fingerprint density at radius 1 is 0.920 bits per heavy atom. The Morgan fingerprint density at radius 3 is 2.64 bits per heavy atom. The van der Waals surface area contributed by atoms with Crippen LogP contribution in [0.15, 0.2) is 77.9 Å². The summed E-state index contributed by atoms with van der Waals surface area (Å²) in [6, 6.07) is 18.2. The quantitative estimate of drug-likeness (QED) is 0.594. The summed E-state index contributed by atoms with van der Waals surface area (Å²) in [4.78, 5) is 23.3. The predicted molar refractivity (Wildman–Crippen MR) is 96.4 cm³/mol. The van der Waals surface area contributed by atoms with Crippen molar-refractivity contribution in [1.82, 2.24) is 15.0 Å². The van der Waals surface area contributed by atoms with Gasteiger partial charge in [0.05, 0.1) is 10.9 Å². The van der Waals surface area contributed by atoms with Crippen LogP contribution in [-0.4, -0.2) is 15.0 Å². The monoisotopic (exact) mass is 330 g/mol. The van der Waals surface area contributed by atoms with E-state index >= 15 is 0 Å². The van der Waals surface area contributed by atoms with Crippen molar-refractivity contribution in [3.8, 4) is 11.5 Å². The average Bonchev–Trinajstić information content (AvgIpc) is 2.63. The van der Waals surface area contributed by atoms with E-state index in [2.05, 4.69) is 20.3 Å². The molecule has 0 fully saturated rings. The third-order valence-corrected chi connectivity index (χ3v) is 3.60. The molecule has 6 nitrogen and oxygen atoms in total. The topological polar surface area (TPSA) is 79.9 Å². The average molecular weight is 330 g/mol. The summed E-state index contributed by atoms with van der Waals surface area (Å²) < 4.78 is 5.78. The number of aromatic nitrogens is 3. The molecule has 2 N–H and O–H groups in total. The molecule has 0 radical (unpaired) electrons. The predicted octanol–water partition coefficient (Wildman–Crippen LogP) is 3.85. The van der Waals surface area contributed by atoms with E-state index in [0.29, 0.717) is 28.4 Å². The van der Waals surface area contributed by atoms with Crippen LogP contribution in [0.5, 0.6) is 11.5 Å². The maximum Gasteiger partial charge on any atom is 0.260 e. The minimum Gasteiger partial charge on any atom is -0.457 e. The van der Waals surface area contributed by atoms with E-state index in [1.807, 2.05) is 36.4 Å². The number of fused-ring (bicyclic) bond motifs is 1. The number of ether oxygens (including phenoxy) is 1. The zero-order chi connectivity index (χ0) is 17.1. The van der Waals surface area contributed by atoms with Crippen molar-refractivity contribution in [2.24, 2.45) is 0 Å². The molecule has 122 valence electrons. The van der Waals surface area contributed by atoms with Gasteiger partial charge in [0.25, 0.3) is 5.56 Å². The number of nitrogens with one attached hydrogen (secondary N) is 2. The molecule has 0 aliphatic rings. The fourth-order valence-corrected chi connectivity index (χ4v) is 2.46. The Kier molecular flexibility index (Phi) is 3.84. The van der Waals surface area contributed by atoms with Gasteiger partial charge in [-0.05, 0) is 36.4 Å². The largest absolute Gasteiger partial charge is 0.457 e. The highest BCUT2D eigenvalue weighted by Crippen LogP contribution is 2.24. The van der Waals surface area contributed by atoms with Crippen LogP contribution in [0.1, 0.15) is 0 Å². The summed E-state index contributed by atoms with van der Waals surface area (Å²) in [5.74, 6) is 1.74. The van der Waals surface area contributed by atoms with Gasteiger partial charge in [0, 0.05) is 24.1 Å². The van der Waals surface area contributed by atoms with Crippen LogP contribution in [0.2, 0.25) is 0 Å². The SMILES string of the molecule is O=c1[nH]c(Nc2cccc(Oc3ccncc3)c2)nc2ccccc12. The number of nitrogens with zero attached hydrogens (tertiary/aromatic N) is 2. The van der Waals surface area contributed by atoms with Gasteiger partial charge in [-0.3, -0.25) is 14.8 Å². The Labute approximate surface area is 143 Å². The molecule has 2 heterocycles. The van der Waals surface area contributed by atoms with Crippen molar-refractivity contribution in [1.29, 1.82) is 0 Å². The van der Waals surface area contributed by atoms with E-state index in [1.165, 1.54) is 0 Å². The zero-order valence-electron chi connectivity index (χ0n) is 13.1. The van der Waals surface area contributed by atoms with E-state index in [-0.39, 0.29) is 5.56 Å². The Hall–Kier alpha value is -3.67. The Balaban J connectivity index is 1.61. The van der Waals surface area contributed by atoms with Gasteiger partial charge in [-0.25, -0.2) is 4.98 Å². The highest BCUT2D eigenvalue weighted by molar-refractivity contribution is 5.78. The number of pyridine rings is 1. The summed E-state index contributed by atoms with van der Waals surface area (Å²) in [5.41, 5.74) is 1.21. The minimum absolute atomic E-state index is 0.183. The second-order valence-electron chi connectivity index (χ2n) is 5.37. The summed E-state index contributed by atoms with van der Waals surface area (Å²) >= 11 is 0. The van der Waals surface area contributed by atoms with Gasteiger partial charge >= 0.3 is 0 Å². The number of rotatable bonds is 4. The second kappa shape index (κ2) is 6.45.